The number of ketones is 1. The third kappa shape index (κ3) is 4.34. The van der Waals surface area contributed by atoms with Gasteiger partial charge in [0.2, 0.25) is 0 Å². The molecule has 0 aliphatic rings. The van der Waals surface area contributed by atoms with Gasteiger partial charge in [0.1, 0.15) is 6.10 Å². The van der Waals surface area contributed by atoms with Crippen molar-refractivity contribution in [1.82, 2.24) is 0 Å². The molecule has 82 valence electrons. The number of carbonyl (C=O) groups excluding carboxylic acids is 2. The number of hydrogen-bond donors (Lipinski definition) is 2. The number of hydrogen-bond acceptors (Lipinski definition) is 5. The molecule has 2 atom stereocenters. The third-order valence-electron chi connectivity index (χ3n) is 1.70. The summed E-state index contributed by atoms with van der Waals surface area (Å²) in [4.78, 5) is 21.6. The van der Waals surface area contributed by atoms with Crippen molar-refractivity contribution in [3.8, 4) is 0 Å². The van der Waals surface area contributed by atoms with E-state index in [0.717, 1.165) is 13.3 Å². The molecule has 0 saturated heterocycles. The van der Waals surface area contributed by atoms with Crippen LogP contribution in [-0.4, -0.2) is 40.8 Å². The van der Waals surface area contributed by atoms with Crippen LogP contribution in [0.5, 0.6) is 0 Å². The number of rotatable bonds is 6. The van der Waals surface area contributed by atoms with E-state index in [4.69, 9.17) is 10.2 Å². The van der Waals surface area contributed by atoms with Gasteiger partial charge in [0, 0.05) is 0 Å². The van der Waals surface area contributed by atoms with Gasteiger partial charge >= 0.3 is 5.97 Å². The molecule has 0 rings (SSSR count). The second-order valence-corrected chi connectivity index (χ2v) is 3.02. The van der Waals surface area contributed by atoms with Crippen molar-refractivity contribution >= 4 is 11.8 Å². The molecule has 0 aromatic heterocycles. The Morgan fingerprint density at radius 2 is 1.86 bits per heavy atom. The zero-order valence-electron chi connectivity index (χ0n) is 8.40. The highest BCUT2D eigenvalue weighted by atomic mass is 16.5. The van der Waals surface area contributed by atoms with Gasteiger partial charge in [-0.3, -0.25) is 4.79 Å². The second-order valence-electron chi connectivity index (χ2n) is 3.02. The van der Waals surface area contributed by atoms with Gasteiger partial charge < -0.3 is 14.9 Å². The van der Waals surface area contributed by atoms with Gasteiger partial charge in [-0.05, 0) is 13.3 Å². The first kappa shape index (κ1) is 13.1. The lowest BCUT2D eigenvalue weighted by Gasteiger charge is -2.13. The highest BCUT2D eigenvalue weighted by Crippen LogP contribution is 1.99. The minimum absolute atomic E-state index is 0.191. The van der Waals surface area contributed by atoms with Crippen LogP contribution in [0.4, 0.5) is 0 Å². The Balaban J connectivity index is 3.92. The van der Waals surface area contributed by atoms with Gasteiger partial charge in [-0.2, -0.15) is 0 Å². The maximum Gasteiger partial charge on any atom is 0.338 e. The Morgan fingerprint density at radius 3 is 2.29 bits per heavy atom. The minimum atomic E-state index is -1.77. The van der Waals surface area contributed by atoms with Crippen LogP contribution >= 0.6 is 0 Å². The summed E-state index contributed by atoms with van der Waals surface area (Å²) >= 11 is 0. The summed E-state index contributed by atoms with van der Waals surface area (Å²) in [7, 11) is 0. The maximum absolute atomic E-state index is 11.0. The molecule has 0 bridgehead atoms. The van der Waals surface area contributed by atoms with Crippen LogP contribution in [0, 0.1) is 0 Å². The molecular formula is C9H16O5. The summed E-state index contributed by atoms with van der Waals surface area (Å²) in [5.74, 6) is -1.62. The van der Waals surface area contributed by atoms with Crippen LogP contribution in [0.3, 0.4) is 0 Å². The lowest BCUT2D eigenvalue weighted by Crippen LogP contribution is -2.39. The highest BCUT2D eigenvalue weighted by Gasteiger charge is 2.28. The molecule has 0 aliphatic carbocycles. The van der Waals surface area contributed by atoms with E-state index in [-0.39, 0.29) is 6.61 Å². The number of unbranched alkanes of at least 4 members (excludes halogenated alkanes) is 1. The van der Waals surface area contributed by atoms with Crippen molar-refractivity contribution in [3.05, 3.63) is 0 Å². The van der Waals surface area contributed by atoms with Crippen molar-refractivity contribution in [2.24, 2.45) is 0 Å². The zero-order chi connectivity index (χ0) is 11.1. The fraction of sp³-hybridized carbons (Fsp3) is 0.778. The summed E-state index contributed by atoms with van der Waals surface area (Å²) in [6, 6.07) is 0. The molecule has 0 heterocycles. The molecule has 5 heteroatoms. The van der Waals surface area contributed by atoms with E-state index < -0.39 is 24.0 Å². The molecule has 0 aliphatic heterocycles. The van der Waals surface area contributed by atoms with Crippen LogP contribution in [0.2, 0.25) is 0 Å². The Hall–Kier alpha value is -0.940. The molecule has 0 aromatic carbocycles. The molecule has 14 heavy (non-hydrogen) atoms. The predicted octanol–water partition coefficient (Wildman–Crippen LogP) is -0.360. The second kappa shape index (κ2) is 6.50. The topological polar surface area (TPSA) is 83.8 Å². The first-order chi connectivity index (χ1) is 6.50. The third-order valence-corrected chi connectivity index (χ3v) is 1.70. The van der Waals surface area contributed by atoms with Crippen LogP contribution < -0.4 is 0 Å². The lowest BCUT2D eigenvalue weighted by molar-refractivity contribution is -0.162. The molecule has 0 spiro atoms. The van der Waals surface area contributed by atoms with Crippen molar-refractivity contribution in [3.63, 3.8) is 0 Å². The summed E-state index contributed by atoms with van der Waals surface area (Å²) in [6.45, 7) is 3.21. The molecule has 0 unspecified atom stereocenters. The van der Waals surface area contributed by atoms with E-state index >= 15 is 0 Å². The van der Waals surface area contributed by atoms with Crippen LogP contribution in [-0.2, 0) is 14.3 Å². The van der Waals surface area contributed by atoms with Gasteiger partial charge in [0.15, 0.2) is 11.9 Å². The van der Waals surface area contributed by atoms with E-state index in [9.17, 15) is 9.59 Å². The monoisotopic (exact) mass is 204 g/mol. The predicted molar refractivity (Wildman–Crippen MR) is 48.6 cm³/mol. The van der Waals surface area contributed by atoms with E-state index in [1.807, 2.05) is 6.92 Å². The Bertz CT molecular complexity index is 201. The number of ether oxygens (including phenoxy) is 1. The molecule has 0 radical (unpaired) electrons. The molecule has 5 nitrogen and oxygen atoms in total. The number of carbonyl (C=O) groups is 2. The number of Topliss-reactive ketones (excluding diaryl/α,β-unsaturated/α-hetero) is 1. The smallest absolute Gasteiger partial charge is 0.338 e. The average molecular weight is 204 g/mol. The lowest BCUT2D eigenvalue weighted by atomic mass is 10.1. The molecule has 0 aromatic rings. The SMILES string of the molecule is CCCCOC(=O)[C@H](O)[C@@H](O)C(C)=O. The van der Waals surface area contributed by atoms with Crippen LogP contribution in [0.25, 0.3) is 0 Å². The summed E-state index contributed by atoms with van der Waals surface area (Å²) < 4.78 is 4.61. The van der Waals surface area contributed by atoms with Crippen molar-refractivity contribution in [1.29, 1.82) is 0 Å². The van der Waals surface area contributed by atoms with Crippen molar-refractivity contribution in [2.45, 2.75) is 38.9 Å². The van der Waals surface area contributed by atoms with Gasteiger partial charge in [0.25, 0.3) is 0 Å². The quantitative estimate of drug-likeness (QED) is 0.456. The van der Waals surface area contributed by atoms with Gasteiger partial charge in [-0.25, -0.2) is 4.79 Å². The minimum Gasteiger partial charge on any atom is -0.464 e. The molecule has 0 amide bonds. The first-order valence-corrected chi connectivity index (χ1v) is 4.54. The average Bonchev–Trinajstić information content (AvgIpc) is 2.15. The van der Waals surface area contributed by atoms with E-state index in [1.165, 1.54) is 0 Å². The van der Waals surface area contributed by atoms with Crippen LogP contribution in [0.15, 0.2) is 0 Å². The number of aliphatic hydroxyl groups excluding tert-OH is 2. The normalized spacial score (nSPS) is 14.6. The van der Waals surface area contributed by atoms with Crippen molar-refractivity contribution < 1.29 is 24.5 Å². The summed E-state index contributed by atoms with van der Waals surface area (Å²) in [5.41, 5.74) is 0. The maximum atomic E-state index is 11.0. The van der Waals surface area contributed by atoms with E-state index in [1.54, 1.807) is 0 Å². The Kier molecular flexibility index (Phi) is 6.07. The highest BCUT2D eigenvalue weighted by molar-refractivity contribution is 5.88. The Labute approximate surface area is 82.7 Å². The number of esters is 1. The van der Waals surface area contributed by atoms with Gasteiger partial charge in [-0.1, -0.05) is 13.3 Å². The van der Waals surface area contributed by atoms with Gasteiger partial charge in [-0.15, -0.1) is 0 Å². The number of aliphatic hydroxyl groups is 2. The standard InChI is InChI=1S/C9H16O5/c1-3-4-5-14-9(13)8(12)7(11)6(2)10/h7-8,11-12H,3-5H2,1-2H3/t7-,8+/m0/s1. The van der Waals surface area contributed by atoms with Gasteiger partial charge in [0.05, 0.1) is 6.61 Å². The fourth-order valence-corrected chi connectivity index (χ4v) is 0.754. The zero-order valence-corrected chi connectivity index (χ0v) is 8.40. The fourth-order valence-electron chi connectivity index (χ4n) is 0.754. The van der Waals surface area contributed by atoms with E-state index in [0.29, 0.717) is 6.42 Å². The van der Waals surface area contributed by atoms with Crippen LogP contribution in [0.1, 0.15) is 26.7 Å². The van der Waals surface area contributed by atoms with E-state index in [2.05, 4.69) is 4.74 Å². The summed E-state index contributed by atoms with van der Waals surface area (Å²) in [6.07, 6.45) is -1.92. The Morgan fingerprint density at radius 1 is 1.29 bits per heavy atom. The molecule has 0 saturated carbocycles. The molecule has 0 fully saturated rings. The van der Waals surface area contributed by atoms with Crippen molar-refractivity contribution in [2.75, 3.05) is 6.61 Å². The summed E-state index contributed by atoms with van der Waals surface area (Å²) in [5, 5.41) is 18.1. The first-order valence-electron chi connectivity index (χ1n) is 4.54. The molecular weight excluding hydrogens is 188 g/mol. The molecule has 2 N–H and O–H groups in total. The largest absolute Gasteiger partial charge is 0.464 e.